The van der Waals surface area contributed by atoms with Crippen LogP contribution in [-0.4, -0.2) is 32.8 Å². The van der Waals surface area contributed by atoms with E-state index in [1.54, 1.807) is 24.4 Å². The molecule has 5 aromatic rings. The fraction of sp³-hybridized carbons (Fsp3) is 0.167. The number of urea groups is 1. The predicted octanol–water partition coefficient (Wildman–Crippen LogP) is 6.68. The van der Waals surface area contributed by atoms with Gasteiger partial charge in [-0.25, -0.2) is 14.8 Å². The van der Waals surface area contributed by atoms with Crippen LogP contribution in [0.25, 0.3) is 22.7 Å². The van der Waals surface area contributed by atoms with Crippen molar-refractivity contribution in [3.05, 3.63) is 84.1 Å². The maximum atomic E-state index is 12.8. The largest absolute Gasteiger partial charge is 0.508 e. The Kier molecular flexibility index (Phi) is 5.64. The van der Waals surface area contributed by atoms with Gasteiger partial charge in [0, 0.05) is 29.4 Å². The van der Waals surface area contributed by atoms with Crippen LogP contribution in [0.3, 0.4) is 0 Å². The Labute approximate surface area is 224 Å². The topological polar surface area (TPSA) is 124 Å². The zero-order valence-electron chi connectivity index (χ0n) is 21.7. The lowest BCUT2D eigenvalue weighted by Gasteiger charge is -2.25. The van der Waals surface area contributed by atoms with Crippen LogP contribution in [0.15, 0.2) is 77.3 Å². The number of aryl methyl sites for hydroxylation is 1. The van der Waals surface area contributed by atoms with E-state index in [0.29, 0.717) is 40.7 Å². The van der Waals surface area contributed by atoms with Gasteiger partial charge in [0.05, 0.1) is 17.1 Å². The number of carbonyl (C=O) groups excluding carboxylic acids is 1. The van der Waals surface area contributed by atoms with E-state index in [1.807, 2.05) is 48.2 Å². The number of nitrogens with zero attached hydrogens (tertiary/aromatic N) is 3. The third-order valence-corrected chi connectivity index (χ3v) is 6.84. The van der Waals surface area contributed by atoms with Crippen LogP contribution in [0, 0.1) is 6.92 Å². The van der Waals surface area contributed by atoms with Crippen LogP contribution in [0.2, 0.25) is 0 Å². The SMILES string of the molecule is Cc1cnc2oc(-c3ccc(O)c4c3C(C)(C)CN4c3ccccc3NC(=O)Nc3ccc(O)cc3)nc2c1. The van der Waals surface area contributed by atoms with Gasteiger partial charge in [-0.1, -0.05) is 26.0 Å². The van der Waals surface area contributed by atoms with Gasteiger partial charge in [0.25, 0.3) is 0 Å². The van der Waals surface area contributed by atoms with Crippen molar-refractivity contribution in [2.24, 2.45) is 0 Å². The highest BCUT2D eigenvalue weighted by atomic mass is 16.4. The number of hydrogen-bond donors (Lipinski definition) is 4. The van der Waals surface area contributed by atoms with Crippen molar-refractivity contribution in [1.82, 2.24) is 9.97 Å². The number of oxazole rings is 1. The summed E-state index contributed by atoms with van der Waals surface area (Å²) in [5.74, 6) is 0.673. The van der Waals surface area contributed by atoms with Crippen molar-refractivity contribution >= 4 is 40.0 Å². The second-order valence-corrected chi connectivity index (χ2v) is 10.3. The molecule has 3 heterocycles. The molecule has 0 saturated heterocycles. The summed E-state index contributed by atoms with van der Waals surface area (Å²) in [4.78, 5) is 23.9. The Hall–Kier alpha value is -5.05. The maximum absolute atomic E-state index is 12.8. The van der Waals surface area contributed by atoms with Gasteiger partial charge < -0.3 is 30.2 Å². The second-order valence-electron chi connectivity index (χ2n) is 10.3. The van der Waals surface area contributed by atoms with Gasteiger partial charge in [0.2, 0.25) is 11.6 Å². The van der Waals surface area contributed by atoms with Crippen LogP contribution in [0.5, 0.6) is 11.5 Å². The van der Waals surface area contributed by atoms with E-state index in [9.17, 15) is 15.0 Å². The molecule has 39 heavy (non-hydrogen) atoms. The Bertz CT molecular complexity index is 1730. The summed E-state index contributed by atoms with van der Waals surface area (Å²) in [5, 5.41) is 26.3. The summed E-state index contributed by atoms with van der Waals surface area (Å²) in [6.45, 7) is 6.71. The minimum absolute atomic E-state index is 0.116. The maximum Gasteiger partial charge on any atom is 0.323 e. The lowest BCUT2D eigenvalue weighted by Crippen LogP contribution is -2.27. The summed E-state index contributed by atoms with van der Waals surface area (Å²) in [6.07, 6.45) is 1.74. The molecule has 2 aromatic heterocycles. The van der Waals surface area contributed by atoms with E-state index in [1.165, 1.54) is 12.1 Å². The molecule has 4 N–H and O–H groups in total. The van der Waals surface area contributed by atoms with E-state index in [4.69, 9.17) is 9.40 Å². The number of nitrogens with one attached hydrogen (secondary N) is 2. The van der Waals surface area contributed by atoms with Crippen LogP contribution in [0.1, 0.15) is 25.0 Å². The third-order valence-electron chi connectivity index (χ3n) is 6.84. The Morgan fingerprint density at radius 2 is 1.79 bits per heavy atom. The fourth-order valence-corrected chi connectivity index (χ4v) is 5.16. The number of aromatic nitrogens is 2. The number of para-hydroxylation sites is 2. The highest BCUT2D eigenvalue weighted by Crippen LogP contribution is 2.53. The van der Waals surface area contributed by atoms with Crippen molar-refractivity contribution < 1.29 is 19.4 Å². The molecule has 0 bridgehead atoms. The molecular weight excluding hydrogens is 494 g/mol. The van der Waals surface area contributed by atoms with Gasteiger partial charge in [-0.2, -0.15) is 0 Å². The number of anilines is 4. The molecule has 2 amide bonds. The molecule has 0 atom stereocenters. The molecular formula is C30H27N5O4. The summed E-state index contributed by atoms with van der Waals surface area (Å²) in [6, 6.07) is 18.6. The highest BCUT2D eigenvalue weighted by Gasteiger charge is 2.41. The molecule has 6 rings (SSSR count). The van der Waals surface area contributed by atoms with E-state index >= 15 is 0 Å². The summed E-state index contributed by atoms with van der Waals surface area (Å²) >= 11 is 0. The Morgan fingerprint density at radius 1 is 1.03 bits per heavy atom. The zero-order valence-corrected chi connectivity index (χ0v) is 21.7. The molecule has 0 saturated carbocycles. The first-order valence-electron chi connectivity index (χ1n) is 12.5. The van der Waals surface area contributed by atoms with Crippen LogP contribution >= 0.6 is 0 Å². The minimum Gasteiger partial charge on any atom is -0.508 e. The fourth-order valence-electron chi connectivity index (χ4n) is 5.16. The van der Waals surface area contributed by atoms with Crippen molar-refractivity contribution in [3.63, 3.8) is 0 Å². The van der Waals surface area contributed by atoms with E-state index < -0.39 is 11.4 Å². The quantitative estimate of drug-likeness (QED) is 0.194. The number of pyridine rings is 1. The van der Waals surface area contributed by atoms with Gasteiger partial charge in [0.15, 0.2) is 0 Å². The Morgan fingerprint density at radius 3 is 2.59 bits per heavy atom. The number of phenolic OH excluding ortho intramolecular Hbond substituents is 2. The average Bonchev–Trinajstić information content (AvgIpc) is 3.44. The van der Waals surface area contributed by atoms with E-state index in [2.05, 4.69) is 29.5 Å². The van der Waals surface area contributed by atoms with Gasteiger partial charge >= 0.3 is 6.03 Å². The van der Waals surface area contributed by atoms with Crippen LogP contribution in [-0.2, 0) is 5.41 Å². The lowest BCUT2D eigenvalue weighted by atomic mass is 9.83. The number of aromatic hydroxyl groups is 2. The van der Waals surface area contributed by atoms with Crippen molar-refractivity contribution in [1.29, 1.82) is 0 Å². The summed E-state index contributed by atoms with van der Waals surface area (Å²) < 4.78 is 6.05. The first-order chi connectivity index (χ1) is 18.7. The van der Waals surface area contributed by atoms with E-state index in [0.717, 1.165) is 22.4 Å². The van der Waals surface area contributed by atoms with Crippen molar-refractivity contribution in [2.75, 3.05) is 22.1 Å². The highest BCUT2D eigenvalue weighted by molar-refractivity contribution is 6.03. The zero-order chi connectivity index (χ0) is 27.3. The summed E-state index contributed by atoms with van der Waals surface area (Å²) in [5.41, 5.74) is 5.88. The van der Waals surface area contributed by atoms with Gasteiger partial charge in [0.1, 0.15) is 17.0 Å². The number of rotatable bonds is 4. The molecule has 0 fully saturated rings. The van der Waals surface area contributed by atoms with Crippen LogP contribution < -0.4 is 15.5 Å². The second kappa shape index (κ2) is 9.05. The minimum atomic E-state index is -0.431. The molecule has 0 radical (unpaired) electrons. The van der Waals surface area contributed by atoms with Crippen LogP contribution in [0.4, 0.5) is 27.5 Å². The number of fused-ring (bicyclic) bond motifs is 2. The smallest absolute Gasteiger partial charge is 0.323 e. The first-order valence-corrected chi connectivity index (χ1v) is 12.5. The Balaban J connectivity index is 1.39. The van der Waals surface area contributed by atoms with Gasteiger partial charge in [-0.15, -0.1) is 0 Å². The first kappa shape index (κ1) is 24.3. The molecule has 0 spiro atoms. The molecule has 0 unspecified atom stereocenters. The third kappa shape index (κ3) is 4.37. The molecule has 3 aromatic carbocycles. The lowest BCUT2D eigenvalue weighted by molar-refractivity contribution is 0.262. The van der Waals surface area contributed by atoms with Gasteiger partial charge in [-0.3, -0.25) is 0 Å². The number of carbonyl (C=O) groups is 1. The number of benzene rings is 3. The summed E-state index contributed by atoms with van der Waals surface area (Å²) in [7, 11) is 0. The standard InChI is InChI=1S/C30H27N5O4/c1-17-14-22-28(31-15-17)39-27(33-22)20-12-13-24(37)26-25(20)30(2,3)16-35(26)23-7-5-4-6-21(23)34-29(38)32-18-8-10-19(36)11-9-18/h4-15,36-37H,16H2,1-3H3,(H2,32,34,38). The van der Waals surface area contributed by atoms with Crippen molar-refractivity contribution in [3.8, 4) is 23.0 Å². The number of hydrogen-bond acceptors (Lipinski definition) is 7. The van der Waals surface area contributed by atoms with E-state index in [-0.39, 0.29) is 11.5 Å². The monoisotopic (exact) mass is 521 g/mol. The van der Waals surface area contributed by atoms with Crippen molar-refractivity contribution in [2.45, 2.75) is 26.2 Å². The molecule has 1 aliphatic rings. The van der Waals surface area contributed by atoms with Gasteiger partial charge in [-0.05, 0) is 72.6 Å². The number of amides is 2. The molecule has 9 heteroatoms. The number of phenols is 2. The molecule has 1 aliphatic heterocycles. The molecule has 9 nitrogen and oxygen atoms in total. The molecule has 196 valence electrons. The normalized spacial score (nSPS) is 13.9. The predicted molar refractivity (Wildman–Crippen MR) is 151 cm³/mol. The average molecular weight is 522 g/mol. The molecule has 0 aliphatic carbocycles.